The lowest BCUT2D eigenvalue weighted by Gasteiger charge is -2.38. The predicted octanol–water partition coefficient (Wildman–Crippen LogP) is 2.81. The van der Waals surface area contributed by atoms with Crippen LogP contribution in [-0.2, 0) is 10.2 Å². The molecular formula is C13H16O2. The summed E-state index contributed by atoms with van der Waals surface area (Å²) in [5.41, 5.74) is 2.79. The molecule has 0 aliphatic heterocycles. The van der Waals surface area contributed by atoms with Gasteiger partial charge in [0.05, 0.1) is 5.41 Å². The van der Waals surface area contributed by atoms with Crippen LogP contribution in [-0.4, -0.2) is 11.1 Å². The van der Waals surface area contributed by atoms with Crippen LogP contribution in [0.25, 0.3) is 0 Å². The van der Waals surface area contributed by atoms with Crippen LogP contribution < -0.4 is 0 Å². The van der Waals surface area contributed by atoms with Crippen LogP contribution in [0.2, 0.25) is 0 Å². The molecule has 0 spiro atoms. The number of carboxylic acids is 1. The van der Waals surface area contributed by atoms with Crippen molar-refractivity contribution in [2.45, 2.75) is 38.5 Å². The van der Waals surface area contributed by atoms with E-state index in [1.165, 1.54) is 11.1 Å². The summed E-state index contributed by atoms with van der Waals surface area (Å²) in [7, 11) is 0. The molecule has 2 rings (SSSR count). The molecule has 0 heterocycles. The van der Waals surface area contributed by atoms with Crippen LogP contribution in [0.1, 0.15) is 36.0 Å². The normalized spacial score (nSPS) is 18.3. The summed E-state index contributed by atoms with van der Waals surface area (Å²) in [5.74, 6) is -0.669. The molecule has 1 aromatic carbocycles. The molecule has 1 N–H and O–H groups in total. The molecule has 0 bridgehead atoms. The Kier molecular flexibility index (Phi) is 2.29. The van der Waals surface area contributed by atoms with Gasteiger partial charge >= 0.3 is 5.97 Å². The zero-order chi connectivity index (χ0) is 11.1. The van der Waals surface area contributed by atoms with Gasteiger partial charge in [-0.2, -0.15) is 0 Å². The van der Waals surface area contributed by atoms with Gasteiger partial charge in [-0.25, -0.2) is 0 Å². The number of carbonyl (C=O) groups is 1. The van der Waals surface area contributed by atoms with E-state index in [9.17, 15) is 9.90 Å². The quantitative estimate of drug-likeness (QED) is 0.804. The van der Waals surface area contributed by atoms with Crippen molar-refractivity contribution in [2.75, 3.05) is 0 Å². The van der Waals surface area contributed by atoms with Crippen molar-refractivity contribution < 1.29 is 9.90 Å². The molecule has 0 amide bonds. The third-order valence-corrected chi connectivity index (χ3v) is 3.68. The third-order valence-electron chi connectivity index (χ3n) is 3.68. The summed E-state index contributed by atoms with van der Waals surface area (Å²) < 4.78 is 0. The lowest BCUT2D eigenvalue weighted by atomic mass is 9.64. The topological polar surface area (TPSA) is 37.3 Å². The Balaban J connectivity index is 2.44. The van der Waals surface area contributed by atoms with E-state index < -0.39 is 11.4 Å². The number of carboxylic acid groups (broad SMARTS) is 1. The van der Waals surface area contributed by atoms with E-state index in [4.69, 9.17) is 0 Å². The Hall–Kier alpha value is -1.31. The van der Waals surface area contributed by atoms with E-state index in [0.717, 1.165) is 24.8 Å². The molecule has 0 aromatic heterocycles. The number of aryl methyl sites for hydroxylation is 2. The van der Waals surface area contributed by atoms with E-state index in [1.807, 2.05) is 32.0 Å². The van der Waals surface area contributed by atoms with E-state index in [-0.39, 0.29) is 0 Å². The van der Waals surface area contributed by atoms with E-state index in [0.29, 0.717) is 0 Å². The Morgan fingerprint density at radius 3 is 2.33 bits per heavy atom. The van der Waals surface area contributed by atoms with Crippen LogP contribution >= 0.6 is 0 Å². The average Bonchev–Trinajstić information content (AvgIpc) is 2.08. The summed E-state index contributed by atoms with van der Waals surface area (Å²) in [6.07, 6.45) is 2.59. The van der Waals surface area contributed by atoms with Crippen molar-refractivity contribution in [3.8, 4) is 0 Å². The number of hydrogen-bond acceptors (Lipinski definition) is 1. The van der Waals surface area contributed by atoms with Gasteiger partial charge in [0.15, 0.2) is 0 Å². The first-order valence-electron chi connectivity index (χ1n) is 5.37. The lowest BCUT2D eigenvalue weighted by molar-refractivity contribution is -0.147. The number of hydrogen-bond donors (Lipinski definition) is 1. The molecule has 1 saturated carbocycles. The molecule has 0 saturated heterocycles. The van der Waals surface area contributed by atoms with Crippen molar-refractivity contribution in [3.63, 3.8) is 0 Å². The molecule has 2 heteroatoms. The summed E-state index contributed by atoms with van der Waals surface area (Å²) >= 11 is 0. The zero-order valence-corrected chi connectivity index (χ0v) is 9.21. The van der Waals surface area contributed by atoms with Gasteiger partial charge in [-0.3, -0.25) is 4.79 Å². The highest BCUT2D eigenvalue weighted by atomic mass is 16.4. The van der Waals surface area contributed by atoms with Crippen molar-refractivity contribution in [1.29, 1.82) is 0 Å². The second kappa shape index (κ2) is 3.37. The maximum Gasteiger partial charge on any atom is 0.314 e. The largest absolute Gasteiger partial charge is 0.481 e. The summed E-state index contributed by atoms with van der Waals surface area (Å²) in [6.45, 7) is 4.08. The summed E-state index contributed by atoms with van der Waals surface area (Å²) in [6, 6.07) is 6.02. The first-order valence-corrected chi connectivity index (χ1v) is 5.37. The monoisotopic (exact) mass is 204 g/mol. The first-order chi connectivity index (χ1) is 7.06. The van der Waals surface area contributed by atoms with Crippen LogP contribution in [0, 0.1) is 13.8 Å². The van der Waals surface area contributed by atoms with Crippen LogP contribution in [0.5, 0.6) is 0 Å². The molecule has 1 fully saturated rings. The predicted molar refractivity (Wildman–Crippen MR) is 59.1 cm³/mol. The van der Waals surface area contributed by atoms with Gasteiger partial charge in [0.1, 0.15) is 0 Å². The van der Waals surface area contributed by atoms with Gasteiger partial charge in [-0.1, -0.05) is 24.6 Å². The molecule has 15 heavy (non-hydrogen) atoms. The molecule has 80 valence electrons. The molecule has 1 aromatic rings. The van der Waals surface area contributed by atoms with E-state index in [2.05, 4.69) is 0 Å². The van der Waals surface area contributed by atoms with Gasteiger partial charge in [-0.15, -0.1) is 0 Å². The molecule has 2 nitrogen and oxygen atoms in total. The number of aliphatic carboxylic acids is 1. The molecule has 1 aliphatic carbocycles. The minimum Gasteiger partial charge on any atom is -0.481 e. The van der Waals surface area contributed by atoms with Gasteiger partial charge in [-0.05, 0) is 43.4 Å². The first kappa shape index (κ1) is 10.2. The standard InChI is InChI=1S/C13H16O2/c1-9-4-5-11(8-10(9)2)13(12(14)15)6-3-7-13/h4-5,8H,3,6-7H2,1-2H3,(H,14,15). The second-order valence-electron chi connectivity index (χ2n) is 4.54. The second-order valence-corrected chi connectivity index (χ2v) is 4.54. The molecule has 0 atom stereocenters. The maximum atomic E-state index is 11.3. The zero-order valence-electron chi connectivity index (χ0n) is 9.21. The van der Waals surface area contributed by atoms with Gasteiger partial charge in [0.25, 0.3) is 0 Å². The van der Waals surface area contributed by atoms with Crippen LogP contribution in [0.15, 0.2) is 18.2 Å². The Labute approximate surface area is 89.9 Å². The fraction of sp³-hybridized carbons (Fsp3) is 0.462. The van der Waals surface area contributed by atoms with Gasteiger partial charge < -0.3 is 5.11 Å². The Bertz CT molecular complexity index is 403. The molecule has 1 aliphatic rings. The number of rotatable bonds is 2. The summed E-state index contributed by atoms with van der Waals surface area (Å²) in [5, 5.41) is 9.30. The smallest absolute Gasteiger partial charge is 0.314 e. The van der Waals surface area contributed by atoms with E-state index in [1.54, 1.807) is 0 Å². The van der Waals surface area contributed by atoms with Gasteiger partial charge in [0, 0.05) is 0 Å². The lowest BCUT2D eigenvalue weighted by Crippen LogP contribution is -2.42. The highest BCUT2D eigenvalue weighted by Gasteiger charge is 2.45. The van der Waals surface area contributed by atoms with Gasteiger partial charge in [0.2, 0.25) is 0 Å². The minimum absolute atomic E-state index is 0.585. The van der Waals surface area contributed by atoms with Crippen molar-refractivity contribution in [1.82, 2.24) is 0 Å². The highest BCUT2D eigenvalue weighted by molar-refractivity contribution is 5.82. The Morgan fingerprint density at radius 1 is 1.27 bits per heavy atom. The summed E-state index contributed by atoms with van der Waals surface area (Å²) in [4.78, 5) is 11.3. The highest BCUT2D eigenvalue weighted by Crippen LogP contribution is 2.44. The third kappa shape index (κ3) is 1.44. The molecular weight excluding hydrogens is 188 g/mol. The molecule has 0 radical (unpaired) electrons. The van der Waals surface area contributed by atoms with Crippen molar-refractivity contribution >= 4 is 5.97 Å². The van der Waals surface area contributed by atoms with E-state index >= 15 is 0 Å². The SMILES string of the molecule is Cc1ccc(C2(C(=O)O)CCC2)cc1C. The van der Waals surface area contributed by atoms with Crippen LogP contribution in [0.4, 0.5) is 0 Å². The average molecular weight is 204 g/mol. The minimum atomic E-state index is -0.669. The fourth-order valence-electron chi connectivity index (χ4n) is 2.20. The Morgan fingerprint density at radius 2 is 1.93 bits per heavy atom. The maximum absolute atomic E-state index is 11.3. The van der Waals surface area contributed by atoms with Crippen LogP contribution in [0.3, 0.4) is 0 Å². The fourth-order valence-corrected chi connectivity index (χ4v) is 2.20. The van der Waals surface area contributed by atoms with Crippen molar-refractivity contribution in [3.05, 3.63) is 34.9 Å². The van der Waals surface area contributed by atoms with Crippen molar-refractivity contribution in [2.24, 2.45) is 0 Å². The number of benzene rings is 1. The molecule has 0 unspecified atom stereocenters.